The smallest absolute Gasteiger partial charge is 0.296 e. The largest absolute Gasteiger partial charge is 0.508 e. The molecule has 0 saturated heterocycles. The van der Waals surface area contributed by atoms with Crippen LogP contribution in [0.3, 0.4) is 0 Å². The van der Waals surface area contributed by atoms with Crippen molar-refractivity contribution < 1.29 is 166 Å². The molecule has 0 aliphatic carbocycles. The summed E-state index contributed by atoms with van der Waals surface area (Å²) < 4.78 is 574. The Balaban J connectivity index is 0.000000395. The third-order valence-corrected chi connectivity index (χ3v) is 25.3. The van der Waals surface area contributed by atoms with Crippen molar-refractivity contribution in [3.63, 3.8) is 0 Å². The van der Waals surface area contributed by atoms with E-state index in [1.165, 1.54) is 133 Å². The van der Waals surface area contributed by atoms with Crippen molar-refractivity contribution in [2.24, 2.45) is 0 Å². The van der Waals surface area contributed by atoms with Gasteiger partial charge < -0.3 is 56.7 Å². The number of hydrogen-bond acceptors (Lipinski definition) is 29. The molecule has 35 heteroatoms. The molecule has 11 aromatic rings. The van der Waals surface area contributed by atoms with Crippen molar-refractivity contribution in [1.29, 1.82) is 0 Å². The molecule has 0 aliphatic heterocycles. The van der Waals surface area contributed by atoms with Crippen LogP contribution >= 0.6 is 35.3 Å². The predicted octanol–water partition coefficient (Wildman–Crippen LogP) is 19.5. The number of anilines is 3. The molecule has 0 saturated carbocycles. The van der Waals surface area contributed by atoms with Crippen molar-refractivity contribution >= 4 is 103 Å². The molecule has 0 spiro atoms. The number of nitrogen functional groups attached to an aromatic ring is 3. The molecule has 736 valence electrons. The highest BCUT2D eigenvalue weighted by atomic mass is 32.2. The van der Waals surface area contributed by atoms with Gasteiger partial charge in [0.05, 0.1) is 104 Å². The van der Waals surface area contributed by atoms with E-state index in [2.05, 4.69) is 20.9 Å². The molecule has 0 aliphatic rings. The van der Waals surface area contributed by atoms with Crippen molar-refractivity contribution in [1.82, 2.24) is 14.7 Å². The van der Waals surface area contributed by atoms with Crippen molar-refractivity contribution in [3.05, 3.63) is 293 Å². The third-order valence-electron chi connectivity index (χ3n) is 15.9. The standard InChI is InChI=1S/C25H30N2O4S2.C18H23FN2OS.C17H20O6S2.C15H18N2OS.2C11H16O3S.C3H8O2/c1-19-9-12-22(13-10-19)33(28,29)31-16-6-15-30-21-11-14-24(20(17-21)18-27(2)3)32-25-8-5-4-7-23(25)26;1-21(2)13-14-12-15(22-11-5-10-19)8-9-17(14)23-18-7-4-3-6-16(18)20;1-14-4-8-16(9-5-14)24(18,19)22-12-3-13-23-25(20,21)17-10-6-15(2)7-11-17;1-17(2)10-11-9-12(18)7-8-14(11)19-15-6-4-3-5-13(15)16;2*1-3-4-9-14-15(12,13)11-7-5-10(2)6-8-11;4-2-1-3-5/h4-5,7-14,17H,6,15-16,18,26H2,1-3H3;3-4,6-9,12H,5,10-11,13,20H2,1-2H3;4-11H,3,12-13H2,1-2H3;3-9,18H,10,16H2,1-2H3;2*5-8H,3-4,9H2,1-2H3;4-5H,1-3H2/i2D3,3D3,6D2,15D2,16D2;1D3,2D3,5D2,10D2,11D2;3D2,12D2,13D2;1D3,2D3;2*3D2,4D2,9D2;1D2,2D2,3D2. The summed E-state index contributed by atoms with van der Waals surface area (Å²) >= 11 is 3.42. The molecule has 0 unspecified atom stereocenters. The first-order valence-corrected chi connectivity index (χ1v) is 47.5. The predicted molar refractivity (Wildman–Crippen MR) is 539 cm³/mol. The molecule has 135 heavy (non-hydrogen) atoms. The number of nitrogens with zero attached hydrogens (tertiary/aromatic N) is 3. The van der Waals surface area contributed by atoms with Crippen molar-refractivity contribution in [2.45, 2.75) is 173 Å². The summed E-state index contributed by atoms with van der Waals surface area (Å²) in [5, 5.41) is 26.6. The number of aliphatic hydroxyl groups is 2. The Morgan fingerprint density at radius 3 is 0.830 bits per heavy atom. The van der Waals surface area contributed by atoms with Gasteiger partial charge in [-0.05, 0) is 270 Å². The van der Waals surface area contributed by atoms with E-state index in [0.717, 1.165) is 102 Å². The van der Waals surface area contributed by atoms with Crippen LogP contribution in [0.1, 0.15) is 183 Å². The number of rotatable bonds is 43. The number of halogens is 1. The molecular formula is C100H131FN6O20S8. The zero-order chi connectivity index (χ0) is 147. The molecule has 0 aromatic heterocycles. The summed E-state index contributed by atoms with van der Waals surface area (Å²) in [4.78, 5) is 1.97. The summed E-state index contributed by atoms with van der Waals surface area (Å²) in [6.07, 6.45) is -26.3. The van der Waals surface area contributed by atoms with Gasteiger partial charge in [0.25, 0.3) is 50.6 Å². The number of para-hydroxylation sites is 3. The van der Waals surface area contributed by atoms with Crippen LogP contribution < -0.4 is 26.7 Å². The molecule has 0 amide bonds. The van der Waals surface area contributed by atoms with Gasteiger partial charge in [-0.2, -0.15) is 42.1 Å². The average molecular weight is 2070 g/mol. The Labute approximate surface area is 888 Å². The maximum Gasteiger partial charge on any atom is 0.296 e. The highest BCUT2D eigenvalue weighted by Crippen LogP contribution is 2.39. The van der Waals surface area contributed by atoms with E-state index in [0.29, 0.717) is 68.7 Å². The van der Waals surface area contributed by atoms with Gasteiger partial charge in [0, 0.05) is 139 Å². The molecule has 11 rings (SSSR count). The zero-order valence-corrected chi connectivity index (χ0v) is 78.8. The van der Waals surface area contributed by atoms with Crippen molar-refractivity contribution in [2.75, 3.05) is 125 Å². The van der Waals surface area contributed by atoms with E-state index in [1.54, 1.807) is 101 Å². The lowest BCUT2D eigenvalue weighted by Gasteiger charge is -2.16. The normalized spacial score (nSPS) is 19.8. The molecule has 0 radical (unpaired) electrons. The Bertz CT molecular complexity index is 8250. The topological polar surface area (TPSA) is 384 Å². The van der Waals surface area contributed by atoms with Crippen LogP contribution in [0.2, 0.25) is 0 Å². The Hall–Kier alpha value is -9.45. The average Bonchev–Trinajstić information content (AvgIpc) is 0.737. The number of ether oxygens (including phenoxy) is 2. The lowest BCUT2D eigenvalue weighted by Crippen LogP contribution is -2.12. The van der Waals surface area contributed by atoms with Gasteiger partial charge >= 0.3 is 0 Å². The van der Waals surface area contributed by atoms with Gasteiger partial charge in [0.2, 0.25) is 0 Å². The molecule has 0 bridgehead atoms. The lowest BCUT2D eigenvalue weighted by molar-refractivity contribution is 0.221. The summed E-state index contributed by atoms with van der Waals surface area (Å²) in [5.41, 5.74) is 23.4. The van der Waals surface area contributed by atoms with Crippen LogP contribution in [0, 0.1) is 34.6 Å². The second-order valence-corrected chi connectivity index (χ2v) is 37.2. The number of aromatic hydroxyl groups is 1. The number of hydrogen-bond donors (Lipinski definition) is 6. The van der Waals surface area contributed by atoms with Crippen LogP contribution in [-0.2, 0) is 91.1 Å². The van der Waals surface area contributed by atoms with E-state index < -0.39 is 248 Å². The third kappa shape index (κ3) is 44.7. The minimum atomic E-state index is -4.90. The van der Waals surface area contributed by atoms with Gasteiger partial charge in [0.15, 0.2) is 0 Å². The minimum absolute atomic E-state index is 0.0190. The summed E-state index contributed by atoms with van der Waals surface area (Å²) in [6.45, 7) is -45.7. The maximum absolute atomic E-state index is 13.7. The number of nitrogens with two attached hydrogens (primary N) is 3. The first kappa shape index (κ1) is 57.8. The number of phenols is 1. The van der Waals surface area contributed by atoms with E-state index in [-0.39, 0.29) is 43.0 Å². The fraction of sp³-hybridized carbons (Fsp3) is 0.340. The van der Waals surface area contributed by atoms with Crippen LogP contribution in [0.5, 0.6) is 17.2 Å². The first-order chi connectivity index (χ1) is 84.3. The van der Waals surface area contributed by atoms with Crippen LogP contribution in [0.25, 0.3) is 0 Å². The summed E-state index contributed by atoms with van der Waals surface area (Å²) in [7, 11) is -23.8. The monoisotopic (exact) mass is 2070 g/mol. The SMILES string of the molecule is [2H]C([2H])(C)C([2H])([2H])C([2H])([2H])OS(=O)(=O)c1ccc(C)cc1.[2H]C([2H])(C)C([2H])([2H])C([2H])([2H])OS(=O)(=O)c1ccc(C)cc1.[2H]C([2H])(O)C([2H])([2H])C([2H])([2H])O.[2H]C([2H])(OS(=O)(=O)c1ccc(C)cc1)C([2H])([2H])C([2H])([2H])OS(=O)(=O)c1ccc(C)cc1.[2H]C([2H])([2H])N(Cc1cc(O)ccc1Sc1ccccc1N)C([2H])([2H])[2H].[2H]C([2H])([2H])N(Cc1cc(OC([2H])([2H])C([2H])([2H])C([2H])([2H])F)ccc1Sc1ccccc1N)C([2H])([2H])[2H].[2H]C([2H])([2H])N(Cc1cc(OC([2H])([2H])C([2H])([2H])C([2H])([2H])OS(=O)(=O)c2ccc(C)cc2)ccc1Sc1ccccc1N)C([2H])([2H])[2H]. The van der Waals surface area contributed by atoms with E-state index in [1.807, 2.05) is 12.1 Å². The second kappa shape index (κ2) is 61.0. The van der Waals surface area contributed by atoms with Crippen LogP contribution in [-0.4, -0.2) is 180 Å². The highest BCUT2D eigenvalue weighted by Gasteiger charge is 2.21. The van der Waals surface area contributed by atoms with E-state index >= 15 is 0 Å². The molecule has 0 heterocycles. The fourth-order valence-corrected chi connectivity index (χ4v) is 16.0. The Kier molecular flexibility index (Phi) is 26.1. The highest BCUT2D eigenvalue weighted by molar-refractivity contribution is 8.00. The van der Waals surface area contributed by atoms with E-state index in [4.69, 9.17) is 111 Å². The number of aryl methyl sites for hydroxylation is 5. The number of phenolic OH excluding ortho intramolecular Hbond substituents is 1. The van der Waals surface area contributed by atoms with Gasteiger partial charge in [-0.3, -0.25) is 25.3 Å². The minimum Gasteiger partial charge on any atom is -0.508 e. The van der Waals surface area contributed by atoms with Gasteiger partial charge in [-0.25, -0.2) is 0 Å². The quantitative estimate of drug-likeness (QED) is 0.0153. The second-order valence-electron chi connectivity index (χ2n) is 26.2. The fourth-order valence-electron chi connectivity index (χ4n) is 9.56. The summed E-state index contributed by atoms with van der Waals surface area (Å²) in [6, 6.07) is 58.0. The van der Waals surface area contributed by atoms with Gasteiger partial charge in [-0.15, -0.1) is 0 Å². The molecule has 26 nitrogen and oxygen atoms in total. The maximum atomic E-state index is 13.7. The van der Waals surface area contributed by atoms with E-state index in [9.17, 15) is 51.6 Å². The van der Waals surface area contributed by atoms with Gasteiger partial charge in [0.1, 0.15) is 17.2 Å². The van der Waals surface area contributed by atoms with Crippen LogP contribution in [0.15, 0.2) is 303 Å². The van der Waals surface area contributed by atoms with Crippen molar-refractivity contribution in [3.8, 4) is 17.2 Å². The molecule has 9 N–H and O–H groups in total. The number of alkyl halides is 1. The molecule has 0 fully saturated rings. The van der Waals surface area contributed by atoms with Gasteiger partial charge in [-0.1, -0.05) is 187 Å². The molecular weight excluding hydrogens is 1880 g/mol. The Morgan fingerprint density at radius 1 is 0.326 bits per heavy atom. The number of benzene rings is 11. The zero-order valence-electron chi connectivity index (χ0n) is 126. The Morgan fingerprint density at radius 2 is 0.578 bits per heavy atom. The molecule has 11 aromatic carbocycles. The lowest BCUT2D eigenvalue weighted by atomic mass is 10.2. The summed E-state index contributed by atoms with van der Waals surface area (Å²) in [5.74, 6) is -0.923. The first-order valence-electron chi connectivity index (χ1n) is 65.0. The van der Waals surface area contributed by atoms with Crippen LogP contribution in [0.4, 0.5) is 21.5 Å². The molecule has 0 atom stereocenters.